The molecule has 0 saturated heterocycles. The maximum absolute atomic E-state index is 10.1. The lowest BCUT2D eigenvalue weighted by atomic mass is 10.1. The Labute approximate surface area is 59.4 Å². The van der Waals surface area contributed by atoms with Crippen molar-refractivity contribution in [2.45, 2.75) is 32.3 Å². The zero-order valence-electron chi connectivity index (χ0n) is 5.91. The Kier molecular flexibility index (Phi) is 4.88. The van der Waals surface area contributed by atoms with Gasteiger partial charge < -0.3 is 5.11 Å². The molecule has 0 aliphatic rings. The van der Waals surface area contributed by atoms with Crippen LogP contribution in [0.25, 0.3) is 0 Å². The molecule has 10 heavy (non-hydrogen) atoms. The SMILES string of the molecule is CCCC(CC(=O)O)OO. The second-order valence-corrected chi connectivity index (χ2v) is 2.11. The van der Waals surface area contributed by atoms with Gasteiger partial charge in [-0.1, -0.05) is 13.3 Å². The highest BCUT2D eigenvalue weighted by Crippen LogP contribution is 2.04. The first kappa shape index (κ1) is 9.39. The zero-order valence-corrected chi connectivity index (χ0v) is 5.91. The first-order chi connectivity index (χ1) is 4.70. The number of carboxylic acid groups (broad SMARTS) is 1. The fourth-order valence-corrected chi connectivity index (χ4v) is 0.709. The molecule has 0 radical (unpaired) electrons. The average Bonchev–Trinajstić information content (AvgIpc) is 1.86. The summed E-state index contributed by atoms with van der Waals surface area (Å²) in [5.74, 6) is -0.951. The summed E-state index contributed by atoms with van der Waals surface area (Å²) in [4.78, 5) is 14.0. The van der Waals surface area contributed by atoms with Crippen LogP contribution in [-0.2, 0) is 9.68 Å². The van der Waals surface area contributed by atoms with E-state index in [0.29, 0.717) is 6.42 Å². The van der Waals surface area contributed by atoms with Crippen LogP contribution in [0.3, 0.4) is 0 Å². The molecule has 0 aliphatic heterocycles. The molecule has 4 heteroatoms. The largest absolute Gasteiger partial charge is 0.481 e. The molecule has 4 nitrogen and oxygen atoms in total. The summed E-state index contributed by atoms with van der Waals surface area (Å²) >= 11 is 0. The number of carbonyl (C=O) groups is 1. The number of rotatable bonds is 5. The summed E-state index contributed by atoms with van der Waals surface area (Å²) in [7, 11) is 0. The van der Waals surface area contributed by atoms with Crippen LogP contribution in [0.4, 0.5) is 0 Å². The summed E-state index contributed by atoms with van der Waals surface area (Å²) in [5, 5.41) is 16.4. The fourth-order valence-electron chi connectivity index (χ4n) is 0.709. The van der Waals surface area contributed by atoms with E-state index in [1.54, 1.807) is 0 Å². The Morgan fingerprint density at radius 2 is 2.30 bits per heavy atom. The monoisotopic (exact) mass is 148 g/mol. The molecular weight excluding hydrogens is 136 g/mol. The summed E-state index contributed by atoms with van der Waals surface area (Å²) in [6.45, 7) is 1.90. The molecule has 0 aromatic rings. The third kappa shape index (κ3) is 4.29. The Hall–Kier alpha value is -0.610. The Morgan fingerprint density at radius 3 is 2.60 bits per heavy atom. The first-order valence-electron chi connectivity index (χ1n) is 3.22. The third-order valence-corrected chi connectivity index (χ3v) is 1.16. The molecule has 0 bridgehead atoms. The van der Waals surface area contributed by atoms with Crippen LogP contribution in [0.1, 0.15) is 26.2 Å². The average molecular weight is 148 g/mol. The highest BCUT2D eigenvalue weighted by atomic mass is 17.1. The minimum Gasteiger partial charge on any atom is -0.481 e. The first-order valence-corrected chi connectivity index (χ1v) is 3.22. The van der Waals surface area contributed by atoms with Crippen LogP contribution in [0.2, 0.25) is 0 Å². The van der Waals surface area contributed by atoms with Gasteiger partial charge in [0.2, 0.25) is 0 Å². The lowest BCUT2D eigenvalue weighted by Crippen LogP contribution is -2.15. The molecule has 0 saturated carbocycles. The molecule has 0 aromatic carbocycles. The van der Waals surface area contributed by atoms with Crippen LogP contribution >= 0.6 is 0 Å². The quantitative estimate of drug-likeness (QED) is 0.453. The molecule has 0 aromatic heterocycles. The summed E-state index contributed by atoms with van der Waals surface area (Å²) < 4.78 is 0. The van der Waals surface area contributed by atoms with Crippen molar-refractivity contribution in [3.05, 3.63) is 0 Å². The minimum absolute atomic E-state index is 0.135. The smallest absolute Gasteiger partial charge is 0.306 e. The molecule has 0 spiro atoms. The molecular formula is C6H12O4. The topological polar surface area (TPSA) is 66.8 Å². The van der Waals surface area contributed by atoms with E-state index in [1.165, 1.54) is 0 Å². The second-order valence-electron chi connectivity index (χ2n) is 2.11. The van der Waals surface area contributed by atoms with Crippen molar-refractivity contribution in [2.24, 2.45) is 0 Å². The number of aliphatic carboxylic acids is 1. The lowest BCUT2D eigenvalue weighted by Gasteiger charge is -2.07. The maximum atomic E-state index is 10.1. The third-order valence-electron chi connectivity index (χ3n) is 1.16. The minimum atomic E-state index is -0.951. The predicted molar refractivity (Wildman–Crippen MR) is 34.7 cm³/mol. The van der Waals surface area contributed by atoms with E-state index in [9.17, 15) is 4.79 Å². The van der Waals surface area contributed by atoms with Crippen molar-refractivity contribution in [2.75, 3.05) is 0 Å². The molecule has 60 valence electrons. The van der Waals surface area contributed by atoms with Gasteiger partial charge in [-0.25, -0.2) is 4.89 Å². The van der Waals surface area contributed by atoms with Crippen molar-refractivity contribution in [3.8, 4) is 0 Å². The Morgan fingerprint density at radius 1 is 1.70 bits per heavy atom. The van der Waals surface area contributed by atoms with Gasteiger partial charge in [0.15, 0.2) is 0 Å². The van der Waals surface area contributed by atoms with Crippen LogP contribution in [-0.4, -0.2) is 22.4 Å². The zero-order chi connectivity index (χ0) is 7.98. The number of hydrogen-bond acceptors (Lipinski definition) is 3. The number of hydrogen-bond donors (Lipinski definition) is 2. The molecule has 0 heterocycles. The highest BCUT2D eigenvalue weighted by Gasteiger charge is 2.11. The summed E-state index contributed by atoms with van der Waals surface area (Å²) in [6.07, 6.45) is 0.688. The van der Waals surface area contributed by atoms with Crippen molar-refractivity contribution in [1.82, 2.24) is 0 Å². The Bertz CT molecular complexity index is 102. The van der Waals surface area contributed by atoms with Crippen LogP contribution < -0.4 is 0 Å². The van der Waals surface area contributed by atoms with Crippen molar-refractivity contribution >= 4 is 5.97 Å². The van der Waals surface area contributed by atoms with Gasteiger partial charge in [-0.3, -0.25) is 10.1 Å². The van der Waals surface area contributed by atoms with Crippen molar-refractivity contribution < 1.29 is 20.0 Å². The maximum Gasteiger partial charge on any atom is 0.306 e. The molecule has 1 atom stereocenters. The normalized spacial score (nSPS) is 13.0. The van der Waals surface area contributed by atoms with Gasteiger partial charge in [-0.15, -0.1) is 0 Å². The highest BCUT2D eigenvalue weighted by molar-refractivity contribution is 5.67. The van der Waals surface area contributed by atoms with Gasteiger partial charge in [0.1, 0.15) is 6.10 Å². The standard InChI is InChI=1S/C6H12O4/c1-2-3-5(10-9)4-6(7)8/h5,9H,2-4H2,1H3,(H,7,8). The molecule has 2 N–H and O–H groups in total. The van der Waals surface area contributed by atoms with Gasteiger partial charge in [-0.2, -0.15) is 0 Å². The van der Waals surface area contributed by atoms with E-state index in [0.717, 1.165) is 6.42 Å². The Balaban J connectivity index is 3.49. The van der Waals surface area contributed by atoms with Gasteiger partial charge in [-0.05, 0) is 6.42 Å². The van der Waals surface area contributed by atoms with Gasteiger partial charge in [0, 0.05) is 0 Å². The van der Waals surface area contributed by atoms with Crippen molar-refractivity contribution in [1.29, 1.82) is 0 Å². The van der Waals surface area contributed by atoms with E-state index in [1.807, 2.05) is 6.92 Å². The predicted octanol–water partition coefficient (Wildman–Crippen LogP) is 1.12. The van der Waals surface area contributed by atoms with Crippen LogP contribution in [0.5, 0.6) is 0 Å². The molecule has 1 unspecified atom stereocenters. The van der Waals surface area contributed by atoms with Crippen LogP contribution in [0, 0.1) is 0 Å². The van der Waals surface area contributed by atoms with E-state index in [2.05, 4.69) is 4.89 Å². The van der Waals surface area contributed by atoms with Gasteiger partial charge >= 0.3 is 5.97 Å². The van der Waals surface area contributed by atoms with E-state index >= 15 is 0 Å². The van der Waals surface area contributed by atoms with Crippen molar-refractivity contribution in [3.63, 3.8) is 0 Å². The van der Waals surface area contributed by atoms with E-state index in [4.69, 9.17) is 10.4 Å². The van der Waals surface area contributed by atoms with Crippen LogP contribution in [0.15, 0.2) is 0 Å². The number of carboxylic acids is 1. The van der Waals surface area contributed by atoms with E-state index < -0.39 is 12.1 Å². The lowest BCUT2D eigenvalue weighted by molar-refractivity contribution is -0.280. The molecule has 0 fully saturated rings. The van der Waals surface area contributed by atoms with Gasteiger partial charge in [0.05, 0.1) is 6.42 Å². The summed E-state index contributed by atoms with van der Waals surface area (Å²) in [6, 6.07) is 0. The molecule has 0 amide bonds. The van der Waals surface area contributed by atoms with Gasteiger partial charge in [0.25, 0.3) is 0 Å². The fraction of sp³-hybridized carbons (Fsp3) is 0.833. The van der Waals surface area contributed by atoms with E-state index in [-0.39, 0.29) is 6.42 Å². The second kappa shape index (κ2) is 5.20. The molecule has 0 rings (SSSR count). The summed E-state index contributed by atoms with van der Waals surface area (Å²) in [5.41, 5.74) is 0. The molecule has 0 aliphatic carbocycles.